The van der Waals surface area contributed by atoms with Crippen molar-refractivity contribution in [3.05, 3.63) is 69.6 Å². The van der Waals surface area contributed by atoms with Crippen LogP contribution in [0.25, 0.3) is 5.69 Å². The van der Waals surface area contributed by atoms with Gasteiger partial charge in [0.25, 0.3) is 0 Å². The number of anilines is 2. The number of hydrogen-bond acceptors (Lipinski definition) is 4. The highest BCUT2D eigenvalue weighted by Crippen LogP contribution is 2.32. The van der Waals surface area contributed by atoms with Crippen LogP contribution in [0, 0.1) is 11.7 Å². The van der Waals surface area contributed by atoms with Gasteiger partial charge in [-0.05, 0) is 68.7 Å². The molecule has 0 bridgehead atoms. The summed E-state index contributed by atoms with van der Waals surface area (Å²) in [6, 6.07) is 11.7. The van der Waals surface area contributed by atoms with Crippen LogP contribution < -0.4 is 10.2 Å². The molecule has 1 aromatic heterocycles. The highest BCUT2D eigenvalue weighted by molar-refractivity contribution is 6.42. The van der Waals surface area contributed by atoms with Gasteiger partial charge in [0.2, 0.25) is 0 Å². The number of carbonyl (C=O) groups is 1. The molecule has 216 valence electrons. The van der Waals surface area contributed by atoms with Crippen molar-refractivity contribution in [2.24, 2.45) is 5.92 Å². The van der Waals surface area contributed by atoms with E-state index in [0.717, 1.165) is 48.9 Å². The monoisotopic (exact) mass is 588 g/mol. The highest BCUT2D eigenvalue weighted by atomic mass is 35.5. The summed E-state index contributed by atoms with van der Waals surface area (Å²) in [6.07, 6.45) is 0.701. The average Bonchev–Trinajstić information content (AvgIpc) is 3.28. The lowest BCUT2D eigenvalue weighted by Crippen LogP contribution is -2.49. The maximum atomic E-state index is 13.8. The fourth-order valence-corrected chi connectivity index (χ4v) is 5.39. The number of piperazine rings is 1. The average molecular weight is 590 g/mol. The Morgan fingerprint density at radius 2 is 1.70 bits per heavy atom. The zero-order valence-corrected chi connectivity index (χ0v) is 25.4. The minimum atomic E-state index is -0.291. The van der Waals surface area contributed by atoms with Crippen LogP contribution >= 0.6 is 23.2 Å². The van der Waals surface area contributed by atoms with Crippen molar-refractivity contribution in [1.82, 2.24) is 19.6 Å². The summed E-state index contributed by atoms with van der Waals surface area (Å²) >= 11 is 12.3. The molecular weight excluding hydrogens is 550 g/mol. The van der Waals surface area contributed by atoms with Crippen LogP contribution in [0.1, 0.15) is 45.9 Å². The Labute approximate surface area is 246 Å². The summed E-state index contributed by atoms with van der Waals surface area (Å²) in [5.41, 5.74) is 3.30. The number of aromatic nitrogens is 2. The van der Waals surface area contributed by atoms with E-state index in [2.05, 4.69) is 49.7 Å². The van der Waals surface area contributed by atoms with Crippen LogP contribution in [0.4, 0.5) is 20.7 Å². The van der Waals surface area contributed by atoms with Crippen molar-refractivity contribution < 1.29 is 9.18 Å². The van der Waals surface area contributed by atoms with Crippen molar-refractivity contribution >= 4 is 40.7 Å². The smallest absolute Gasteiger partial charge is 0.322 e. The van der Waals surface area contributed by atoms with Gasteiger partial charge in [-0.25, -0.2) is 13.9 Å². The van der Waals surface area contributed by atoms with Crippen molar-refractivity contribution in [3.8, 4) is 5.69 Å². The summed E-state index contributed by atoms with van der Waals surface area (Å²) in [5.74, 6) is 0.916. The number of hydrogen-bond donors (Lipinski definition) is 1. The molecular formula is C30H39Cl2FN6O. The zero-order valence-electron chi connectivity index (χ0n) is 23.9. The van der Waals surface area contributed by atoms with Crippen molar-refractivity contribution in [3.63, 3.8) is 0 Å². The van der Waals surface area contributed by atoms with Crippen molar-refractivity contribution in [2.45, 2.75) is 53.6 Å². The fraction of sp³-hybridized carbons (Fsp3) is 0.467. The lowest BCUT2D eigenvalue weighted by molar-refractivity contribution is 0.200. The number of benzene rings is 2. The van der Waals surface area contributed by atoms with Gasteiger partial charge in [0.15, 0.2) is 0 Å². The minimum absolute atomic E-state index is 0.223. The van der Waals surface area contributed by atoms with Gasteiger partial charge in [-0.3, -0.25) is 4.90 Å². The molecule has 4 rings (SSSR count). The van der Waals surface area contributed by atoms with Gasteiger partial charge in [-0.1, -0.05) is 44.0 Å². The van der Waals surface area contributed by atoms with Crippen LogP contribution in [0.5, 0.6) is 0 Å². The summed E-state index contributed by atoms with van der Waals surface area (Å²) in [4.78, 5) is 20.3. The summed E-state index contributed by atoms with van der Waals surface area (Å²) in [6.45, 7) is 15.2. The number of halogens is 3. The third-order valence-electron chi connectivity index (χ3n) is 7.18. The zero-order chi connectivity index (χ0) is 29.0. The second kappa shape index (κ2) is 13.2. The number of rotatable bonds is 9. The topological polar surface area (TPSA) is 56.6 Å². The largest absolute Gasteiger partial charge is 0.354 e. The molecule has 2 aromatic carbocycles. The van der Waals surface area contributed by atoms with E-state index in [0.29, 0.717) is 41.3 Å². The molecule has 1 saturated heterocycles. The molecule has 0 aliphatic carbocycles. The fourth-order valence-electron chi connectivity index (χ4n) is 5.10. The number of nitrogens with one attached hydrogen (secondary N) is 1. The molecule has 2 heterocycles. The summed E-state index contributed by atoms with van der Waals surface area (Å²) in [5, 5.41) is 8.81. The maximum absolute atomic E-state index is 13.8. The normalized spacial score (nSPS) is 14.3. The first-order valence-corrected chi connectivity index (χ1v) is 14.7. The molecule has 3 aromatic rings. The molecule has 10 heteroatoms. The third-order valence-corrected chi connectivity index (χ3v) is 7.92. The minimum Gasteiger partial charge on any atom is -0.354 e. The first kappa shape index (κ1) is 30.2. The van der Waals surface area contributed by atoms with Gasteiger partial charge < -0.3 is 15.1 Å². The number of urea groups is 1. The molecule has 0 radical (unpaired) electrons. The van der Waals surface area contributed by atoms with Crippen LogP contribution in [-0.2, 0) is 13.0 Å². The Bertz CT molecular complexity index is 1300. The molecule has 1 aliphatic rings. The van der Waals surface area contributed by atoms with E-state index < -0.39 is 0 Å². The van der Waals surface area contributed by atoms with Crippen LogP contribution in [0.15, 0.2) is 42.5 Å². The first-order chi connectivity index (χ1) is 19.1. The Morgan fingerprint density at radius 1 is 1.02 bits per heavy atom. The molecule has 1 aliphatic heterocycles. The van der Waals surface area contributed by atoms with Crippen LogP contribution in [0.3, 0.4) is 0 Å². The first-order valence-electron chi connectivity index (χ1n) is 13.9. The Balaban J connectivity index is 1.72. The predicted molar refractivity (Wildman–Crippen MR) is 163 cm³/mol. The molecule has 0 atom stereocenters. The second-order valence-corrected chi connectivity index (χ2v) is 11.8. The SMILES string of the molecule is CCc1nn(-c2ccc(F)cc2)c(N2CCN(C(C)C)CC2)c1CN(CC(C)C)C(=O)Nc1ccc(Cl)c(Cl)c1. The predicted octanol–water partition coefficient (Wildman–Crippen LogP) is 7.10. The lowest BCUT2D eigenvalue weighted by atomic mass is 10.1. The highest BCUT2D eigenvalue weighted by Gasteiger charge is 2.29. The van der Waals surface area contributed by atoms with Gasteiger partial charge in [-0.15, -0.1) is 0 Å². The van der Waals surface area contributed by atoms with Gasteiger partial charge in [0.1, 0.15) is 11.6 Å². The van der Waals surface area contributed by atoms with Crippen molar-refractivity contribution in [2.75, 3.05) is 42.9 Å². The van der Waals surface area contributed by atoms with E-state index in [1.54, 1.807) is 30.3 Å². The Hall–Kier alpha value is -2.81. The number of aryl methyl sites for hydroxylation is 1. The molecule has 7 nitrogen and oxygen atoms in total. The Kier molecular flexibility index (Phi) is 9.98. The molecule has 0 spiro atoms. The number of amides is 2. The van der Waals surface area contributed by atoms with Crippen LogP contribution in [-0.4, -0.2) is 64.4 Å². The van der Waals surface area contributed by atoms with Gasteiger partial charge in [-0.2, -0.15) is 5.10 Å². The quantitative estimate of drug-likeness (QED) is 0.289. The lowest BCUT2D eigenvalue weighted by Gasteiger charge is -2.38. The standard InChI is InChI=1S/C30H39Cl2FN6O/c1-6-28-25(19-38(18-20(2)3)30(40)34-23-9-12-26(31)27(32)17-23)29(37-15-13-36(14-16-37)21(4)5)39(35-28)24-10-7-22(33)8-11-24/h7-12,17,20-21H,6,13-16,18-19H2,1-5H3,(H,34,40). The summed E-state index contributed by atoms with van der Waals surface area (Å²) in [7, 11) is 0. The third kappa shape index (κ3) is 7.09. The molecule has 1 fully saturated rings. The van der Waals surface area contributed by atoms with E-state index in [-0.39, 0.29) is 17.8 Å². The van der Waals surface area contributed by atoms with E-state index in [1.165, 1.54) is 12.1 Å². The van der Waals surface area contributed by atoms with E-state index >= 15 is 0 Å². The molecule has 40 heavy (non-hydrogen) atoms. The van der Waals surface area contributed by atoms with E-state index in [9.17, 15) is 9.18 Å². The molecule has 0 unspecified atom stereocenters. The molecule has 2 amide bonds. The number of nitrogens with zero attached hydrogens (tertiary/aromatic N) is 5. The maximum Gasteiger partial charge on any atom is 0.322 e. The number of carbonyl (C=O) groups excluding carboxylic acids is 1. The van der Waals surface area contributed by atoms with Gasteiger partial charge in [0, 0.05) is 50.0 Å². The summed E-state index contributed by atoms with van der Waals surface area (Å²) < 4.78 is 15.7. The van der Waals surface area contributed by atoms with Crippen LogP contribution in [0.2, 0.25) is 10.0 Å². The molecule has 0 saturated carbocycles. The van der Waals surface area contributed by atoms with E-state index in [1.807, 2.05) is 9.58 Å². The van der Waals surface area contributed by atoms with Gasteiger partial charge >= 0.3 is 6.03 Å². The Morgan fingerprint density at radius 3 is 2.27 bits per heavy atom. The van der Waals surface area contributed by atoms with E-state index in [4.69, 9.17) is 28.3 Å². The van der Waals surface area contributed by atoms with Crippen molar-refractivity contribution in [1.29, 1.82) is 0 Å². The molecule has 1 N–H and O–H groups in total. The second-order valence-electron chi connectivity index (χ2n) is 10.9. The van der Waals surface area contributed by atoms with Gasteiger partial charge in [0.05, 0.1) is 28.0 Å².